The summed E-state index contributed by atoms with van der Waals surface area (Å²) in [6.07, 6.45) is 5.75. The van der Waals surface area contributed by atoms with Crippen LogP contribution in [0, 0.1) is 0 Å². The molecule has 1 aliphatic carbocycles. The van der Waals surface area contributed by atoms with Crippen molar-refractivity contribution >= 4 is 33.2 Å². The zero-order valence-electron chi connectivity index (χ0n) is 8.91. The van der Waals surface area contributed by atoms with Crippen LogP contribution in [0.4, 0.5) is 0 Å². The lowest BCUT2D eigenvalue weighted by molar-refractivity contribution is -0.136. The van der Waals surface area contributed by atoms with Crippen molar-refractivity contribution in [2.45, 2.75) is 44.4 Å². The third-order valence-electron chi connectivity index (χ3n) is 2.95. The molecule has 0 spiro atoms. The average molecular weight is 304 g/mol. The number of rotatable bonds is 4. The van der Waals surface area contributed by atoms with Crippen LogP contribution in [0.15, 0.2) is 3.79 Å². The second-order valence-electron chi connectivity index (χ2n) is 4.15. The Bertz CT molecular complexity index is 385. The molecule has 1 fully saturated rings. The third kappa shape index (κ3) is 2.83. The fourth-order valence-electron chi connectivity index (χ4n) is 2.08. The van der Waals surface area contributed by atoms with Gasteiger partial charge < -0.3 is 5.11 Å². The molecule has 1 aromatic rings. The van der Waals surface area contributed by atoms with Crippen molar-refractivity contribution in [1.29, 1.82) is 0 Å². The van der Waals surface area contributed by atoms with Crippen molar-refractivity contribution in [3.05, 3.63) is 14.5 Å². The summed E-state index contributed by atoms with van der Waals surface area (Å²) in [6.45, 7) is 0. The van der Waals surface area contributed by atoms with E-state index in [-0.39, 0.29) is 6.42 Å². The van der Waals surface area contributed by atoms with Gasteiger partial charge in [-0.25, -0.2) is 4.98 Å². The first-order valence-corrected chi connectivity index (χ1v) is 7.14. The summed E-state index contributed by atoms with van der Waals surface area (Å²) in [7, 11) is 0. The van der Waals surface area contributed by atoms with Gasteiger partial charge in [0.15, 0.2) is 0 Å². The van der Waals surface area contributed by atoms with Gasteiger partial charge in [-0.2, -0.15) is 0 Å². The van der Waals surface area contributed by atoms with Crippen LogP contribution in [0.2, 0.25) is 0 Å². The number of aryl methyl sites for hydroxylation is 1. The number of aliphatic carboxylic acids is 1. The number of thiazole rings is 1. The molecule has 0 bridgehead atoms. The molecule has 1 saturated carbocycles. The topological polar surface area (TPSA) is 50.2 Å². The van der Waals surface area contributed by atoms with Crippen LogP contribution >= 0.6 is 27.3 Å². The highest BCUT2D eigenvalue weighted by Gasteiger charge is 2.22. The van der Waals surface area contributed by atoms with E-state index in [1.54, 1.807) is 11.3 Å². The van der Waals surface area contributed by atoms with Crippen LogP contribution in [0.5, 0.6) is 0 Å². The lowest BCUT2D eigenvalue weighted by Crippen LogP contribution is -1.99. The molecule has 0 saturated heterocycles. The van der Waals surface area contributed by atoms with Gasteiger partial charge in [-0.05, 0) is 28.8 Å². The third-order valence-corrected chi connectivity index (χ3v) is 4.94. The normalized spacial score (nSPS) is 16.8. The SMILES string of the molecule is O=C(O)CCc1nc(C2CCCC2)sc1Br. The number of carbonyl (C=O) groups is 1. The van der Waals surface area contributed by atoms with E-state index in [4.69, 9.17) is 5.11 Å². The first-order chi connectivity index (χ1) is 7.66. The Morgan fingerprint density at radius 2 is 2.19 bits per heavy atom. The van der Waals surface area contributed by atoms with Crippen LogP contribution in [0.1, 0.15) is 48.7 Å². The van der Waals surface area contributed by atoms with Gasteiger partial charge in [-0.15, -0.1) is 11.3 Å². The fraction of sp³-hybridized carbons (Fsp3) is 0.636. The summed E-state index contributed by atoms with van der Waals surface area (Å²) in [4.78, 5) is 15.1. The number of carboxylic acids is 1. The molecule has 0 aromatic carbocycles. The molecule has 5 heteroatoms. The van der Waals surface area contributed by atoms with Gasteiger partial charge >= 0.3 is 5.97 Å². The van der Waals surface area contributed by atoms with E-state index >= 15 is 0 Å². The molecule has 1 heterocycles. The molecular formula is C11H14BrNO2S. The van der Waals surface area contributed by atoms with Gasteiger partial charge in [-0.1, -0.05) is 12.8 Å². The number of hydrogen-bond acceptors (Lipinski definition) is 3. The Balaban J connectivity index is 2.05. The summed E-state index contributed by atoms with van der Waals surface area (Å²) < 4.78 is 1.01. The van der Waals surface area contributed by atoms with Gasteiger partial charge in [0.05, 0.1) is 20.9 Å². The predicted molar refractivity (Wildman–Crippen MR) is 67.0 cm³/mol. The van der Waals surface area contributed by atoms with E-state index in [0.29, 0.717) is 12.3 Å². The quantitative estimate of drug-likeness (QED) is 0.925. The lowest BCUT2D eigenvalue weighted by Gasteiger charge is -2.02. The Hall–Kier alpha value is -0.420. The van der Waals surface area contributed by atoms with Crippen molar-refractivity contribution in [3.63, 3.8) is 0 Å². The highest BCUT2D eigenvalue weighted by atomic mass is 79.9. The van der Waals surface area contributed by atoms with Gasteiger partial charge in [0.2, 0.25) is 0 Å². The number of hydrogen-bond donors (Lipinski definition) is 1. The summed E-state index contributed by atoms with van der Waals surface area (Å²) in [5.41, 5.74) is 0.911. The maximum absolute atomic E-state index is 10.5. The van der Waals surface area contributed by atoms with E-state index in [2.05, 4.69) is 20.9 Å². The molecule has 3 nitrogen and oxygen atoms in total. The van der Waals surface area contributed by atoms with Gasteiger partial charge in [0, 0.05) is 12.3 Å². The average Bonchev–Trinajstić information content (AvgIpc) is 2.83. The standard InChI is InChI=1S/C11H14BrNO2S/c12-10-8(5-6-9(14)15)13-11(16-10)7-3-1-2-4-7/h7H,1-6H2,(H,14,15). The molecule has 2 rings (SSSR count). The highest BCUT2D eigenvalue weighted by Crippen LogP contribution is 2.38. The highest BCUT2D eigenvalue weighted by molar-refractivity contribution is 9.11. The van der Waals surface area contributed by atoms with E-state index < -0.39 is 5.97 Å². The van der Waals surface area contributed by atoms with Gasteiger partial charge in [-0.3, -0.25) is 4.79 Å². The monoisotopic (exact) mass is 303 g/mol. The minimum Gasteiger partial charge on any atom is -0.481 e. The van der Waals surface area contributed by atoms with Crippen LogP contribution < -0.4 is 0 Å². The Kier molecular flexibility index (Phi) is 3.97. The Labute approximate surface area is 107 Å². The molecule has 0 unspecified atom stereocenters. The summed E-state index contributed by atoms with van der Waals surface area (Å²) in [6, 6.07) is 0. The van der Waals surface area contributed by atoms with Crippen molar-refractivity contribution in [2.75, 3.05) is 0 Å². The minimum atomic E-state index is -0.762. The zero-order chi connectivity index (χ0) is 11.5. The largest absolute Gasteiger partial charge is 0.481 e. The maximum Gasteiger partial charge on any atom is 0.303 e. The number of nitrogens with zero attached hydrogens (tertiary/aromatic N) is 1. The second kappa shape index (κ2) is 5.27. The Morgan fingerprint density at radius 3 is 2.81 bits per heavy atom. The molecule has 0 aliphatic heterocycles. The smallest absolute Gasteiger partial charge is 0.303 e. The zero-order valence-corrected chi connectivity index (χ0v) is 11.3. The molecule has 88 valence electrons. The van der Waals surface area contributed by atoms with E-state index in [1.807, 2.05) is 0 Å². The summed E-state index contributed by atoms with van der Waals surface area (Å²) in [5, 5.41) is 9.83. The molecule has 1 aliphatic rings. The van der Waals surface area contributed by atoms with Crippen LogP contribution in [-0.4, -0.2) is 16.1 Å². The molecule has 1 aromatic heterocycles. The van der Waals surface area contributed by atoms with Gasteiger partial charge in [0.1, 0.15) is 0 Å². The van der Waals surface area contributed by atoms with E-state index in [9.17, 15) is 4.79 Å². The molecule has 0 atom stereocenters. The van der Waals surface area contributed by atoms with Gasteiger partial charge in [0.25, 0.3) is 0 Å². The van der Waals surface area contributed by atoms with E-state index in [0.717, 1.165) is 9.48 Å². The van der Waals surface area contributed by atoms with Crippen LogP contribution in [0.3, 0.4) is 0 Å². The van der Waals surface area contributed by atoms with Crippen molar-refractivity contribution in [1.82, 2.24) is 4.98 Å². The van der Waals surface area contributed by atoms with Crippen molar-refractivity contribution < 1.29 is 9.90 Å². The molecular weight excluding hydrogens is 290 g/mol. The predicted octanol–water partition coefficient (Wildman–Crippen LogP) is 3.58. The summed E-state index contributed by atoms with van der Waals surface area (Å²) >= 11 is 5.15. The minimum absolute atomic E-state index is 0.159. The van der Waals surface area contributed by atoms with Crippen LogP contribution in [-0.2, 0) is 11.2 Å². The molecule has 1 N–H and O–H groups in total. The second-order valence-corrected chi connectivity index (χ2v) is 6.50. The number of carboxylic acid groups (broad SMARTS) is 1. The lowest BCUT2D eigenvalue weighted by atomic mass is 10.1. The maximum atomic E-state index is 10.5. The summed E-state index contributed by atoms with van der Waals surface area (Å²) in [5.74, 6) is -0.151. The first kappa shape index (κ1) is 12.0. The Morgan fingerprint density at radius 1 is 1.50 bits per heavy atom. The molecule has 0 amide bonds. The molecule has 16 heavy (non-hydrogen) atoms. The number of aromatic nitrogens is 1. The van der Waals surface area contributed by atoms with Crippen LogP contribution in [0.25, 0.3) is 0 Å². The number of halogens is 1. The fourth-order valence-corrected chi connectivity index (χ4v) is 3.87. The van der Waals surface area contributed by atoms with E-state index in [1.165, 1.54) is 30.7 Å². The molecule has 0 radical (unpaired) electrons. The van der Waals surface area contributed by atoms with Crippen molar-refractivity contribution in [2.24, 2.45) is 0 Å². The first-order valence-electron chi connectivity index (χ1n) is 5.53. The van der Waals surface area contributed by atoms with Crippen molar-refractivity contribution in [3.8, 4) is 0 Å².